The highest BCUT2D eigenvalue weighted by Gasteiger charge is 2.52. The summed E-state index contributed by atoms with van der Waals surface area (Å²) >= 11 is 0. The van der Waals surface area contributed by atoms with Crippen LogP contribution >= 0.6 is 0 Å². The van der Waals surface area contributed by atoms with E-state index in [1.54, 1.807) is 62.6 Å². The van der Waals surface area contributed by atoms with Crippen LogP contribution in [-0.4, -0.2) is 210 Å². The molecule has 3 fully saturated rings. The van der Waals surface area contributed by atoms with Crippen LogP contribution in [0.4, 0.5) is 10.1 Å². The number of carboxylic acid groups (broad SMARTS) is 1. The van der Waals surface area contributed by atoms with Crippen LogP contribution in [0.1, 0.15) is 90.0 Å². The van der Waals surface area contributed by atoms with Crippen molar-refractivity contribution in [2.24, 2.45) is 11.8 Å². The van der Waals surface area contributed by atoms with Gasteiger partial charge in [-0.05, 0) is 80.1 Å². The standard InChI is InChI=1S/C35H59NO13.C18H20FN3O4/c1-19-16-23(14-15-37)31(32(44-8)25(39)17-26(40)45-20(2)12-10-9-11-13-24(19)38)49-34-29(41)28(36(6)7)30(21(3)47-34)48-27-18-35(5,43)33(42)22(4)46-27;1-10-9-26-17-14-11(16(23)12(18(24)25)8-22(10)14)7-13(19)15(17)21-5-3-20(2)4-6-21/h9-11,13,15,19-25,27-34,38-39,41-43H,12,14,16-18H2,1-8H3;7-8,10H,3-6,9H2,1-2H3,(H,24,25)/b10-9+,13-11+;/t19-,20-,21-,22+,23+,24+,25-,27+,28-,29-,30-,31+,32+,33+,34+,35-;/m1./s1. The number of methoxy groups -OCH3 is 1. The molecule has 22 heteroatoms. The van der Waals surface area contributed by atoms with Gasteiger partial charge < -0.3 is 87.9 Å². The SMILES string of the molecule is CC1COc2c(N3CCN(C)CC3)c(F)cc3c(=O)c(C(=O)O)cn1c23.CO[C@@H]1[C@@H](O[C@@H]2O[C@H](C)[C@@H](O[C@H]3C[C@@](C)(O)[C@@H](O)[C@H](C)O3)[C@H](N(C)C)[C@H]2O)[C@@H](CC=O)C[C@@H](C)[C@@H](O)/C=C/C=C/C[C@@H](C)OC(=O)C[C@H]1O. The van der Waals surface area contributed by atoms with Crippen molar-refractivity contribution in [3.63, 3.8) is 0 Å². The van der Waals surface area contributed by atoms with Gasteiger partial charge in [0.2, 0.25) is 5.43 Å². The van der Waals surface area contributed by atoms with Gasteiger partial charge in [-0.2, -0.15) is 0 Å². The number of nitrogens with zero attached hydrogens (tertiary/aromatic N) is 4. The molecule has 0 saturated carbocycles. The predicted octanol–water partition coefficient (Wildman–Crippen LogP) is 2.39. The Hall–Kier alpha value is -4.43. The Labute approximate surface area is 437 Å². The van der Waals surface area contributed by atoms with Crippen LogP contribution in [0.25, 0.3) is 10.9 Å². The molecule has 1 aromatic carbocycles. The van der Waals surface area contributed by atoms with Crippen LogP contribution in [0.2, 0.25) is 0 Å². The lowest BCUT2D eigenvalue weighted by molar-refractivity contribution is -0.344. The van der Waals surface area contributed by atoms with Gasteiger partial charge >= 0.3 is 11.9 Å². The lowest BCUT2D eigenvalue weighted by Gasteiger charge is -2.50. The van der Waals surface area contributed by atoms with Gasteiger partial charge in [-0.25, -0.2) is 9.18 Å². The lowest BCUT2D eigenvalue weighted by Crippen LogP contribution is -2.65. The lowest BCUT2D eigenvalue weighted by atomic mass is 9.82. The van der Waals surface area contributed by atoms with Crippen molar-refractivity contribution in [3.8, 4) is 5.75 Å². The Morgan fingerprint density at radius 2 is 1.67 bits per heavy atom. The van der Waals surface area contributed by atoms with E-state index in [1.165, 1.54) is 20.2 Å². The monoisotopic (exact) mass is 1060 g/mol. The third-order valence-corrected chi connectivity index (χ3v) is 15.0. The number of hydrogen-bond donors (Lipinski definition) is 6. The predicted molar refractivity (Wildman–Crippen MR) is 272 cm³/mol. The summed E-state index contributed by atoms with van der Waals surface area (Å²) in [4.78, 5) is 54.7. The van der Waals surface area contributed by atoms with Crippen LogP contribution in [0.3, 0.4) is 0 Å². The van der Waals surface area contributed by atoms with Gasteiger partial charge in [0.15, 0.2) is 24.1 Å². The number of carbonyl (C=O) groups is 3. The molecular weight excluding hydrogens is 984 g/mol. The van der Waals surface area contributed by atoms with Crippen molar-refractivity contribution in [1.82, 2.24) is 14.4 Å². The summed E-state index contributed by atoms with van der Waals surface area (Å²) in [5, 5.41) is 64.6. The molecule has 7 rings (SSSR count). The summed E-state index contributed by atoms with van der Waals surface area (Å²) in [5.74, 6) is -3.19. The van der Waals surface area contributed by atoms with Gasteiger partial charge in [-0.1, -0.05) is 31.2 Å². The van der Waals surface area contributed by atoms with Crippen molar-refractivity contribution < 1.29 is 82.6 Å². The van der Waals surface area contributed by atoms with E-state index in [2.05, 4.69) is 4.90 Å². The maximum Gasteiger partial charge on any atom is 0.341 e. The number of esters is 1. The number of aliphatic hydroxyl groups is 5. The number of likely N-dealkylation sites (N-methyl/N-ethyl adjacent to an activating group) is 2. The molecule has 0 amide bonds. The van der Waals surface area contributed by atoms with E-state index in [4.69, 9.17) is 33.2 Å². The van der Waals surface area contributed by atoms with Gasteiger partial charge in [0.1, 0.15) is 54.7 Å². The maximum absolute atomic E-state index is 15.0. The van der Waals surface area contributed by atoms with Crippen molar-refractivity contribution in [2.45, 2.75) is 165 Å². The zero-order valence-corrected chi connectivity index (χ0v) is 44.7. The molecule has 5 aliphatic heterocycles. The molecule has 5 aliphatic rings. The molecule has 420 valence electrons. The van der Waals surface area contributed by atoms with Gasteiger partial charge in [-0.3, -0.25) is 9.59 Å². The Morgan fingerprint density at radius 1 is 0.973 bits per heavy atom. The second-order valence-electron chi connectivity index (χ2n) is 21.3. The smallest absolute Gasteiger partial charge is 0.341 e. The van der Waals surface area contributed by atoms with E-state index in [-0.39, 0.29) is 48.8 Å². The van der Waals surface area contributed by atoms with Gasteiger partial charge in [-0.15, -0.1) is 0 Å². The minimum atomic E-state index is -1.46. The summed E-state index contributed by atoms with van der Waals surface area (Å²) in [6, 6.07) is 0.273. The van der Waals surface area contributed by atoms with Gasteiger partial charge in [0.25, 0.3) is 0 Å². The first kappa shape index (κ1) is 59.8. The molecule has 1 unspecified atom stereocenters. The summed E-state index contributed by atoms with van der Waals surface area (Å²) in [5.41, 5.74) is -1.69. The van der Waals surface area contributed by atoms with Crippen LogP contribution < -0.4 is 15.1 Å². The molecule has 0 spiro atoms. The van der Waals surface area contributed by atoms with Crippen LogP contribution in [0, 0.1) is 17.7 Å². The number of cyclic esters (lactones) is 1. The Bertz CT molecular complexity index is 2390. The zero-order chi connectivity index (χ0) is 55.2. The molecule has 6 N–H and O–H groups in total. The highest BCUT2D eigenvalue weighted by atomic mass is 19.1. The Morgan fingerprint density at radius 3 is 2.29 bits per heavy atom. The molecule has 6 heterocycles. The summed E-state index contributed by atoms with van der Waals surface area (Å²) < 4.78 is 58.7. The third kappa shape index (κ3) is 14.0. The number of carbonyl (C=O) groups excluding carboxylic acids is 2. The van der Waals surface area contributed by atoms with Gasteiger partial charge in [0.05, 0.1) is 65.5 Å². The third-order valence-electron chi connectivity index (χ3n) is 15.0. The number of benzene rings is 1. The van der Waals surface area contributed by atoms with E-state index >= 15 is 0 Å². The second-order valence-corrected chi connectivity index (χ2v) is 21.3. The Kier molecular flexibility index (Phi) is 20.6. The minimum Gasteiger partial charge on any atom is -0.487 e. The Balaban J connectivity index is 0.000000292. The molecule has 75 heavy (non-hydrogen) atoms. The summed E-state index contributed by atoms with van der Waals surface area (Å²) in [6.45, 7) is 13.5. The van der Waals surface area contributed by atoms with E-state index in [0.29, 0.717) is 36.5 Å². The fourth-order valence-electron chi connectivity index (χ4n) is 10.7. The first-order valence-electron chi connectivity index (χ1n) is 25.8. The number of anilines is 1. The summed E-state index contributed by atoms with van der Waals surface area (Å²) in [6.07, 6.45) is -2.66. The molecule has 0 radical (unpaired) electrons. The molecular formula is C53H79FN4O17. The number of carboxylic acids is 1. The normalized spacial score (nSPS) is 37.2. The van der Waals surface area contributed by atoms with Crippen LogP contribution in [0.15, 0.2) is 41.4 Å². The number of halogens is 1. The van der Waals surface area contributed by atoms with E-state index < -0.39 is 121 Å². The zero-order valence-electron chi connectivity index (χ0n) is 44.7. The first-order chi connectivity index (χ1) is 35.4. The minimum absolute atomic E-state index is 0.0164. The second kappa shape index (κ2) is 25.8. The first-order valence-corrected chi connectivity index (χ1v) is 25.8. The number of ether oxygens (including phenoxy) is 7. The molecule has 0 bridgehead atoms. The number of allylic oxidation sites excluding steroid dienone is 2. The number of piperazine rings is 1. The van der Waals surface area contributed by atoms with Crippen molar-refractivity contribution in [2.75, 3.05) is 65.9 Å². The highest BCUT2D eigenvalue weighted by Crippen LogP contribution is 2.42. The number of aromatic nitrogens is 1. The van der Waals surface area contributed by atoms with E-state index in [9.17, 15) is 54.2 Å². The number of aldehydes is 1. The highest BCUT2D eigenvalue weighted by molar-refractivity contribution is 5.97. The molecule has 0 aliphatic carbocycles. The van der Waals surface area contributed by atoms with Crippen LogP contribution in [0.5, 0.6) is 5.75 Å². The topological polar surface area (TPSA) is 269 Å². The van der Waals surface area contributed by atoms with Crippen molar-refractivity contribution >= 4 is 34.8 Å². The molecule has 21 nitrogen and oxygen atoms in total. The average Bonchev–Trinajstić information content (AvgIpc) is 3.33. The largest absolute Gasteiger partial charge is 0.487 e. The van der Waals surface area contributed by atoms with E-state index in [0.717, 1.165) is 25.4 Å². The molecule has 1 aromatic heterocycles. The molecule has 17 atom stereocenters. The van der Waals surface area contributed by atoms with Crippen molar-refractivity contribution in [1.29, 1.82) is 0 Å². The van der Waals surface area contributed by atoms with Gasteiger partial charge in [0, 0.05) is 58.7 Å². The molecule has 2 aromatic rings. The average molecular weight is 1060 g/mol. The number of aromatic carboxylic acids is 1. The fraction of sp³-hybridized carbons (Fsp3) is 0.698. The molecule has 3 saturated heterocycles. The fourth-order valence-corrected chi connectivity index (χ4v) is 10.7. The van der Waals surface area contributed by atoms with E-state index in [1.807, 2.05) is 31.9 Å². The number of hydrogen-bond acceptors (Lipinski definition) is 19. The number of pyridine rings is 1. The number of aliphatic hydroxyl groups excluding tert-OH is 4. The number of rotatable bonds is 10. The van der Waals surface area contributed by atoms with Crippen LogP contribution in [-0.2, 0) is 38.0 Å². The van der Waals surface area contributed by atoms with Crippen molar-refractivity contribution in [3.05, 3.63) is 58.2 Å². The summed E-state index contributed by atoms with van der Waals surface area (Å²) in [7, 11) is 6.88. The maximum atomic E-state index is 15.0. The quantitative estimate of drug-likeness (QED) is 0.147.